The summed E-state index contributed by atoms with van der Waals surface area (Å²) >= 11 is 0. The van der Waals surface area contributed by atoms with Crippen molar-refractivity contribution >= 4 is 27.6 Å². The van der Waals surface area contributed by atoms with Crippen molar-refractivity contribution in [3.05, 3.63) is 59.7 Å². The van der Waals surface area contributed by atoms with Gasteiger partial charge in [-0.25, -0.2) is 13.2 Å². The Kier molecular flexibility index (Phi) is 6.53. The zero-order valence-corrected chi connectivity index (χ0v) is 17.1. The van der Waals surface area contributed by atoms with E-state index in [1.807, 2.05) is 0 Å². The van der Waals surface area contributed by atoms with Crippen molar-refractivity contribution in [1.82, 2.24) is 4.90 Å². The molecule has 1 N–H and O–H groups in total. The molecule has 0 radical (unpaired) electrons. The molecule has 154 valence electrons. The maximum absolute atomic E-state index is 12.9. The minimum atomic E-state index is -3.93. The standard InChI is InChI=1S/C21H24N2O5S/c1-2-28-21(25)16-10-12-17(13-11-16)29(26,27)22-19-9-5-4-8-18(19)20(24)23-14-6-3-7-15-23/h4-5,8-13,22H,2-3,6-7,14-15H2,1H3. The summed E-state index contributed by atoms with van der Waals surface area (Å²) < 4.78 is 33.0. The fourth-order valence-electron chi connectivity index (χ4n) is 3.21. The summed E-state index contributed by atoms with van der Waals surface area (Å²) in [7, 11) is -3.93. The number of benzene rings is 2. The smallest absolute Gasteiger partial charge is 0.338 e. The number of esters is 1. The average molecular weight is 416 g/mol. The lowest BCUT2D eigenvalue weighted by Crippen LogP contribution is -2.36. The van der Waals surface area contributed by atoms with Crippen molar-refractivity contribution in [2.75, 3.05) is 24.4 Å². The summed E-state index contributed by atoms with van der Waals surface area (Å²) in [6, 6.07) is 12.1. The van der Waals surface area contributed by atoms with E-state index >= 15 is 0 Å². The van der Waals surface area contributed by atoms with E-state index in [-0.39, 0.29) is 28.7 Å². The lowest BCUT2D eigenvalue weighted by atomic mass is 10.1. The summed E-state index contributed by atoms with van der Waals surface area (Å²) in [4.78, 5) is 26.3. The second-order valence-corrected chi connectivity index (χ2v) is 8.43. The summed E-state index contributed by atoms with van der Waals surface area (Å²) in [5.41, 5.74) is 0.824. The fraction of sp³-hybridized carbons (Fsp3) is 0.333. The summed E-state index contributed by atoms with van der Waals surface area (Å²) in [6.07, 6.45) is 3.00. The summed E-state index contributed by atoms with van der Waals surface area (Å²) in [5, 5.41) is 0. The Balaban J connectivity index is 1.82. The quantitative estimate of drug-likeness (QED) is 0.730. The number of likely N-dealkylation sites (tertiary alicyclic amines) is 1. The Morgan fingerprint density at radius 1 is 1.00 bits per heavy atom. The fourth-order valence-corrected chi connectivity index (χ4v) is 4.29. The summed E-state index contributed by atoms with van der Waals surface area (Å²) in [6.45, 7) is 3.29. The van der Waals surface area contributed by atoms with Crippen LogP contribution in [0, 0.1) is 0 Å². The third-order valence-corrected chi connectivity index (χ3v) is 6.10. The minimum absolute atomic E-state index is 0.00854. The number of piperidine rings is 1. The number of ether oxygens (including phenoxy) is 1. The Bertz CT molecular complexity index is 980. The Morgan fingerprint density at radius 3 is 2.31 bits per heavy atom. The predicted molar refractivity (Wildman–Crippen MR) is 109 cm³/mol. The van der Waals surface area contributed by atoms with Crippen molar-refractivity contribution < 1.29 is 22.7 Å². The van der Waals surface area contributed by atoms with Gasteiger partial charge in [-0.15, -0.1) is 0 Å². The highest BCUT2D eigenvalue weighted by atomic mass is 32.2. The van der Waals surface area contributed by atoms with Gasteiger partial charge in [0, 0.05) is 13.1 Å². The third kappa shape index (κ3) is 4.95. The molecule has 7 nitrogen and oxygen atoms in total. The van der Waals surface area contributed by atoms with Crippen LogP contribution in [-0.4, -0.2) is 44.9 Å². The molecule has 1 saturated heterocycles. The molecule has 1 fully saturated rings. The van der Waals surface area contributed by atoms with Gasteiger partial charge in [-0.1, -0.05) is 12.1 Å². The normalized spacial score (nSPS) is 14.3. The van der Waals surface area contributed by atoms with E-state index in [1.54, 1.807) is 36.1 Å². The third-order valence-electron chi connectivity index (χ3n) is 4.72. The predicted octanol–water partition coefficient (Wildman–Crippen LogP) is 3.29. The highest BCUT2D eigenvalue weighted by Crippen LogP contribution is 2.23. The number of anilines is 1. The van der Waals surface area contributed by atoms with Gasteiger partial charge in [-0.2, -0.15) is 0 Å². The molecular weight excluding hydrogens is 392 g/mol. The molecule has 1 aliphatic heterocycles. The lowest BCUT2D eigenvalue weighted by Gasteiger charge is -2.27. The number of nitrogens with one attached hydrogen (secondary N) is 1. The second kappa shape index (κ2) is 9.09. The average Bonchev–Trinajstić information content (AvgIpc) is 2.74. The number of amides is 1. The van der Waals surface area contributed by atoms with Gasteiger partial charge in [-0.05, 0) is 62.6 Å². The number of rotatable bonds is 6. The molecule has 0 saturated carbocycles. The Hall–Kier alpha value is -2.87. The number of hydrogen-bond acceptors (Lipinski definition) is 5. The molecule has 0 atom stereocenters. The van der Waals surface area contributed by atoms with E-state index in [2.05, 4.69) is 4.72 Å². The van der Waals surface area contributed by atoms with E-state index in [0.29, 0.717) is 18.7 Å². The number of sulfonamides is 1. The first-order valence-electron chi connectivity index (χ1n) is 9.60. The molecular formula is C21H24N2O5S. The van der Waals surface area contributed by atoms with Gasteiger partial charge < -0.3 is 9.64 Å². The van der Waals surface area contributed by atoms with Gasteiger partial charge in [0.15, 0.2) is 0 Å². The van der Waals surface area contributed by atoms with E-state index in [1.165, 1.54) is 24.3 Å². The van der Waals surface area contributed by atoms with E-state index < -0.39 is 16.0 Å². The second-order valence-electron chi connectivity index (χ2n) is 6.75. The zero-order valence-electron chi connectivity index (χ0n) is 16.3. The highest BCUT2D eigenvalue weighted by molar-refractivity contribution is 7.92. The molecule has 0 aromatic heterocycles. The Morgan fingerprint density at radius 2 is 1.66 bits per heavy atom. The van der Waals surface area contributed by atoms with Gasteiger partial charge in [-0.3, -0.25) is 9.52 Å². The van der Waals surface area contributed by atoms with Crippen LogP contribution in [0.5, 0.6) is 0 Å². The zero-order chi connectivity index (χ0) is 20.9. The van der Waals surface area contributed by atoms with Crippen LogP contribution in [-0.2, 0) is 14.8 Å². The van der Waals surface area contributed by atoms with Crippen molar-refractivity contribution in [2.24, 2.45) is 0 Å². The van der Waals surface area contributed by atoms with Gasteiger partial charge in [0.1, 0.15) is 0 Å². The van der Waals surface area contributed by atoms with E-state index in [0.717, 1.165) is 19.3 Å². The highest BCUT2D eigenvalue weighted by Gasteiger charge is 2.23. The summed E-state index contributed by atoms with van der Waals surface area (Å²) in [5.74, 6) is -0.692. The number of hydrogen-bond donors (Lipinski definition) is 1. The first-order chi connectivity index (χ1) is 13.9. The molecule has 0 aliphatic carbocycles. The van der Waals surface area contributed by atoms with Crippen molar-refractivity contribution in [3.63, 3.8) is 0 Å². The van der Waals surface area contributed by atoms with Crippen LogP contribution < -0.4 is 4.72 Å². The van der Waals surface area contributed by atoms with Crippen LogP contribution in [0.4, 0.5) is 5.69 Å². The lowest BCUT2D eigenvalue weighted by molar-refractivity contribution is 0.0526. The minimum Gasteiger partial charge on any atom is -0.462 e. The monoisotopic (exact) mass is 416 g/mol. The van der Waals surface area contributed by atoms with Gasteiger partial charge >= 0.3 is 5.97 Å². The van der Waals surface area contributed by atoms with Crippen molar-refractivity contribution in [2.45, 2.75) is 31.1 Å². The first-order valence-corrected chi connectivity index (χ1v) is 11.1. The van der Waals surface area contributed by atoms with E-state index in [9.17, 15) is 18.0 Å². The molecule has 8 heteroatoms. The van der Waals surface area contributed by atoms with Crippen LogP contribution in [0.1, 0.15) is 46.9 Å². The molecule has 1 amide bonds. The molecule has 0 bridgehead atoms. The molecule has 1 heterocycles. The van der Waals surface area contributed by atoms with Crippen LogP contribution >= 0.6 is 0 Å². The van der Waals surface area contributed by atoms with Gasteiger partial charge in [0.25, 0.3) is 15.9 Å². The molecule has 2 aromatic rings. The number of carbonyl (C=O) groups excluding carboxylic acids is 2. The Labute approximate surface area is 170 Å². The topological polar surface area (TPSA) is 92.8 Å². The largest absolute Gasteiger partial charge is 0.462 e. The van der Waals surface area contributed by atoms with Gasteiger partial charge in [0.2, 0.25) is 0 Å². The molecule has 3 rings (SSSR count). The van der Waals surface area contributed by atoms with Crippen molar-refractivity contribution in [3.8, 4) is 0 Å². The number of nitrogens with zero attached hydrogens (tertiary/aromatic N) is 1. The molecule has 0 spiro atoms. The van der Waals surface area contributed by atoms with Crippen LogP contribution in [0.3, 0.4) is 0 Å². The maximum atomic E-state index is 12.9. The molecule has 2 aromatic carbocycles. The van der Waals surface area contributed by atoms with Gasteiger partial charge in [0.05, 0.1) is 28.3 Å². The van der Waals surface area contributed by atoms with Crippen LogP contribution in [0.25, 0.3) is 0 Å². The molecule has 1 aliphatic rings. The number of para-hydroxylation sites is 1. The maximum Gasteiger partial charge on any atom is 0.338 e. The molecule has 29 heavy (non-hydrogen) atoms. The molecule has 0 unspecified atom stereocenters. The van der Waals surface area contributed by atoms with Crippen LogP contribution in [0.2, 0.25) is 0 Å². The van der Waals surface area contributed by atoms with Crippen LogP contribution in [0.15, 0.2) is 53.4 Å². The van der Waals surface area contributed by atoms with Crippen molar-refractivity contribution in [1.29, 1.82) is 0 Å². The van der Waals surface area contributed by atoms with E-state index in [4.69, 9.17) is 4.74 Å². The SMILES string of the molecule is CCOC(=O)c1ccc(S(=O)(=O)Nc2ccccc2C(=O)N2CCCCC2)cc1. The first kappa shape index (κ1) is 20.9. The number of carbonyl (C=O) groups is 2.